The summed E-state index contributed by atoms with van der Waals surface area (Å²) in [5, 5.41) is 5.79. The number of nitrogens with one attached hydrogen (secondary N) is 2. The number of carbonyl (C=O) groups excluding carboxylic acids is 2. The Morgan fingerprint density at radius 1 is 1.04 bits per heavy atom. The lowest BCUT2D eigenvalue weighted by atomic mass is 10.2. The van der Waals surface area contributed by atoms with Gasteiger partial charge in [0.25, 0.3) is 0 Å². The Bertz CT molecular complexity index is 671. The van der Waals surface area contributed by atoms with Gasteiger partial charge in [0.15, 0.2) is 0 Å². The third-order valence-corrected chi connectivity index (χ3v) is 3.56. The Hall–Kier alpha value is -2.89. The molecular formula is C18H22N4O2. The quantitative estimate of drug-likeness (QED) is 0.817. The van der Waals surface area contributed by atoms with Gasteiger partial charge in [0.2, 0.25) is 11.8 Å². The number of pyridine rings is 1. The molecule has 0 aliphatic heterocycles. The van der Waals surface area contributed by atoms with Crippen LogP contribution >= 0.6 is 0 Å². The molecule has 0 spiro atoms. The van der Waals surface area contributed by atoms with Gasteiger partial charge >= 0.3 is 0 Å². The second-order valence-electron chi connectivity index (χ2n) is 5.53. The average Bonchev–Trinajstić information content (AvgIpc) is 2.59. The Morgan fingerprint density at radius 2 is 1.67 bits per heavy atom. The number of aromatic nitrogens is 1. The van der Waals surface area contributed by atoms with Crippen LogP contribution in [0.1, 0.15) is 12.5 Å². The molecule has 0 aliphatic rings. The van der Waals surface area contributed by atoms with Crippen LogP contribution in [-0.4, -0.2) is 41.8 Å². The Labute approximate surface area is 141 Å². The molecule has 0 radical (unpaired) electrons. The van der Waals surface area contributed by atoms with Crippen LogP contribution in [0.2, 0.25) is 0 Å². The van der Waals surface area contributed by atoms with Crippen molar-refractivity contribution in [3.63, 3.8) is 0 Å². The average molecular weight is 326 g/mol. The summed E-state index contributed by atoms with van der Waals surface area (Å²) in [5.74, 6) is -0.0864. The molecule has 2 rings (SSSR count). The highest BCUT2D eigenvalue weighted by atomic mass is 16.2. The molecule has 24 heavy (non-hydrogen) atoms. The fourth-order valence-electron chi connectivity index (χ4n) is 2.16. The summed E-state index contributed by atoms with van der Waals surface area (Å²) >= 11 is 0. The van der Waals surface area contributed by atoms with Crippen LogP contribution in [-0.2, 0) is 16.0 Å². The van der Waals surface area contributed by atoms with Crippen LogP contribution < -0.4 is 10.6 Å². The summed E-state index contributed by atoms with van der Waals surface area (Å²) in [7, 11) is 1.80. The minimum atomic E-state index is -0.110. The van der Waals surface area contributed by atoms with E-state index in [0.717, 1.165) is 23.4 Å². The van der Waals surface area contributed by atoms with Crippen molar-refractivity contribution >= 4 is 23.2 Å². The Kier molecular flexibility index (Phi) is 6.31. The number of amides is 2. The van der Waals surface area contributed by atoms with Crippen molar-refractivity contribution in [2.45, 2.75) is 13.3 Å². The first kappa shape index (κ1) is 17.5. The van der Waals surface area contributed by atoms with Gasteiger partial charge < -0.3 is 15.5 Å². The third kappa shape index (κ3) is 5.72. The summed E-state index contributed by atoms with van der Waals surface area (Å²) < 4.78 is 0. The number of likely N-dealkylation sites (N-methyl/N-ethyl adjacent to an activating group) is 1. The van der Waals surface area contributed by atoms with Gasteiger partial charge in [-0.3, -0.25) is 14.6 Å². The van der Waals surface area contributed by atoms with Crippen LogP contribution in [0.25, 0.3) is 0 Å². The fraction of sp³-hybridized carbons (Fsp3) is 0.278. The van der Waals surface area contributed by atoms with E-state index in [2.05, 4.69) is 15.6 Å². The van der Waals surface area contributed by atoms with Gasteiger partial charge in [0.05, 0.1) is 6.54 Å². The lowest BCUT2D eigenvalue weighted by Gasteiger charge is -2.18. The summed E-state index contributed by atoms with van der Waals surface area (Å²) in [6.45, 7) is 2.35. The molecule has 2 amide bonds. The first-order chi connectivity index (χ1) is 11.5. The molecule has 2 N–H and O–H groups in total. The summed E-state index contributed by atoms with van der Waals surface area (Å²) in [4.78, 5) is 28.8. The van der Waals surface area contributed by atoms with E-state index < -0.39 is 0 Å². The van der Waals surface area contributed by atoms with E-state index in [0.29, 0.717) is 6.54 Å². The lowest BCUT2D eigenvalue weighted by molar-refractivity contribution is -0.128. The van der Waals surface area contributed by atoms with Crippen molar-refractivity contribution in [3.8, 4) is 0 Å². The monoisotopic (exact) mass is 326 g/mol. The van der Waals surface area contributed by atoms with Crippen LogP contribution in [0.3, 0.4) is 0 Å². The number of hydrogen-bond acceptors (Lipinski definition) is 4. The van der Waals surface area contributed by atoms with Crippen molar-refractivity contribution in [3.05, 3.63) is 54.4 Å². The molecule has 2 aromatic rings. The van der Waals surface area contributed by atoms with Crippen LogP contribution in [0.15, 0.2) is 48.8 Å². The normalized spacial score (nSPS) is 10.1. The van der Waals surface area contributed by atoms with E-state index in [1.807, 2.05) is 24.3 Å². The fourth-order valence-corrected chi connectivity index (χ4v) is 2.16. The van der Waals surface area contributed by atoms with Gasteiger partial charge in [0.1, 0.15) is 0 Å². The highest BCUT2D eigenvalue weighted by molar-refractivity contribution is 5.88. The van der Waals surface area contributed by atoms with Gasteiger partial charge in [-0.05, 0) is 48.4 Å². The molecule has 0 bridgehead atoms. The molecule has 0 atom stereocenters. The third-order valence-electron chi connectivity index (χ3n) is 3.56. The SMILES string of the molecule is CC(=O)Nc1ccc(NCC(=O)N(C)CCc2ccncc2)cc1. The highest BCUT2D eigenvalue weighted by Gasteiger charge is 2.08. The Morgan fingerprint density at radius 3 is 2.29 bits per heavy atom. The first-order valence-electron chi connectivity index (χ1n) is 7.79. The van der Waals surface area contributed by atoms with E-state index in [1.165, 1.54) is 6.92 Å². The second kappa shape index (κ2) is 8.67. The predicted molar refractivity (Wildman–Crippen MR) is 94.8 cm³/mol. The lowest BCUT2D eigenvalue weighted by Crippen LogP contribution is -2.33. The van der Waals surface area contributed by atoms with Crippen molar-refractivity contribution in [2.75, 3.05) is 30.8 Å². The Balaban J connectivity index is 1.76. The van der Waals surface area contributed by atoms with E-state index in [-0.39, 0.29) is 18.4 Å². The van der Waals surface area contributed by atoms with Gasteiger partial charge in [-0.1, -0.05) is 0 Å². The molecule has 0 unspecified atom stereocenters. The number of rotatable bonds is 7. The smallest absolute Gasteiger partial charge is 0.241 e. The number of hydrogen-bond donors (Lipinski definition) is 2. The highest BCUT2D eigenvalue weighted by Crippen LogP contribution is 2.13. The van der Waals surface area contributed by atoms with Gasteiger partial charge in [-0.15, -0.1) is 0 Å². The molecule has 6 nitrogen and oxygen atoms in total. The zero-order chi connectivity index (χ0) is 17.4. The maximum absolute atomic E-state index is 12.1. The molecule has 0 saturated heterocycles. The molecular weight excluding hydrogens is 304 g/mol. The number of carbonyl (C=O) groups is 2. The molecule has 1 aromatic heterocycles. The second-order valence-corrected chi connectivity index (χ2v) is 5.53. The minimum Gasteiger partial charge on any atom is -0.376 e. The zero-order valence-electron chi connectivity index (χ0n) is 14.0. The molecule has 1 heterocycles. The minimum absolute atomic E-state index is 0.0231. The van der Waals surface area contributed by atoms with Gasteiger partial charge in [-0.25, -0.2) is 0 Å². The molecule has 126 valence electrons. The van der Waals surface area contributed by atoms with Gasteiger partial charge in [-0.2, -0.15) is 0 Å². The predicted octanol–water partition coefficient (Wildman–Crippen LogP) is 2.15. The molecule has 1 aromatic carbocycles. The standard InChI is InChI=1S/C18H22N4O2/c1-14(23)21-17-5-3-16(4-6-17)20-13-18(24)22(2)12-9-15-7-10-19-11-8-15/h3-8,10-11,20H,9,12-13H2,1-2H3,(H,21,23). The topological polar surface area (TPSA) is 74.3 Å². The van der Waals surface area contributed by atoms with E-state index in [4.69, 9.17) is 0 Å². The van der Waals surface area contributed by atoms with Crippen molar-refractivity contribution < 1.29 is 9.59 Å². The van der Waals surface area contributed by atoms with E-state index in [1.54, 1.807) is 36.5 Å². The maximum Gasteiger partial charge on any atom is 0.241 e. The first-order valence-corrected chi connectivity index (χ1v) is 7.79. The number of anilines is 2. The van der Waals surface area contributed by atoms with E-state index in [9.17, 15) is 9.59 Å². The summed E-state index contributed by atoms with van der Waals surface area (Å²) in [6, 6.07) is 11.1. The summed E-state index contributed by atoms with van der Waals surface area (Å²) in [6.07, 6.45) is 4.31. The van der Waals surface area contributed by atoms with Crippen molar-refractivity contribution in [2.24, 2.45) is 0 Å². The number of benzene rings is 1. The van der Waals surface area contributed by atoms with Crippen LogP contribution in [0, 0.1) is 0 Å². The molecule has 0 aliphatic carbocycles. The van der Waals surface area contributed by atoms with Crippen LogP contribution in [0.4, 0.5) is 11.4 Å². The van der Waals surface area contributed by atoms with Crippen molar-refractivity contribution in [1.82, 2.24) is 9.88 Å². The molecule has 0 saturated carbocycles. The molecule has 0 fully saturated rings. The largest absolute Gasteiger partial charge is 0.376 e. The van der Waals surface area contributed by atoms with Crippen molar-refractivity contribution in [1.29, 1.82) is 0 Å². The zero-order valence-corrected chi connectivity index (χ0v) is 14.0. The van der Waals surface area contributed by atoms with Gasteiger partial charge in [0, 0.05) is 44.3 Å². The maximum atomic E-state index is 12.1. The molecule has 6 heteroatoms. The summed E-state index contributed by atoms with van der Waals surface area (Å²) in [5.41, 5.74) is 2.72. The van der Waals surface area contributed by atoms with E-state index >= 15 is 0 Å². The van der Waals surface area contributed by atoms with Crippen LogP contribution in [0.5, 0.6) is 0 Å². The number of nitrogens with zero attached hydrogens (tertiary/aromatic N) is 2.